The number of rotatable bonds is 3. The number of carboxylic acids is 1. The molecular weight excluding hydrogens is 132 g/mol. The van der Waals surface area contributed by atoms with E-state index in [1.807, 2.05) is 0 Å². The molecule has 0 radical (unpaired) electrons. The van der Waals surface area contributed by atoms with Gasteiger partial charge in [0.15, 0.2) is 11.1 Å². The van der Waals surface area contributed by atoms with Gasteiger partial charge in [-0.05, 0) is 0 Å². The molecule has 0 heterocycles. The van der Waals surface area contributed by atoms with Crippen LogP contribution in [0, 0.1) is 0 Å². The van der Waals surface area contributed by atoms with Crippen molar-refractivity contribution in [3.8, 4) is 0 Å². The van der Waals surface area contributed by atoms with Crippen molar-refractivity contribution in [2.75, 3.05) is 5.75 Å². The van der Waals surface area contributed by atoms with Crippen molar-refractivity contribution in [1.82, 2.24) is 0 Å². The zero-order valence-corrected chi connectivity index (χ0v) is 4.85. The summed E-state index contributed by atoms with van der Waals surface area (Å²) in [5, 5.41) is 7.92. The summed E-state index contributed by atoms with van der Waals surface area (Å²) >= 11 is -1.97. The highest BCUT2D eigenvalue weighted by molar-refractivity contribution is 7.79. The first-order valence-corrected chi connectivity index (χ1v) is 3.20. The Bertz CT molecular complexity index is 95.9. The molecule has 0 amide bonds. The molecule has 0 aliphatic heterocycles. The minimum Gasteiger partial charge on any atom is -0.481 e. The van der Waals surface area contributed by atoms with Gasteiger partial charge in [-0.2, -0.15) is 0 Å². The second kappa shape index (κ2) is 3.57. The molecule has 0 aliphatic carbocycles. The molecule has 1 atom stereocenters. The Hall–Kier alpha value is -0.420. The molecule has 48 valence electrons. The predicted octanol–water partition coefficient (Wildman–Crippen LogP) is -0.317. The lowest BCUT2D eigenvalue weighted by atomic mass is 10.5. The first kappa shape index (κ1) is 7.58. The number of hydrogen-bond donors (Lipinski definition) is 2. The van der Waals surface area contributed by atoms with Crippen molar-refractivity contribution in [3.63, 3.8) is 0 Å². The summed E-state index contributed by atoms with van der Waals surface area (Å²) in [6, 6.07) is 0. The van der Waals surface area contributed by atoms with Gasteiger partial charge in [0.25, 0.3) is 0 Å². The van der Waals surface area contributed by atoms with E-state index >= 15 is 0 Å². The Kier molecular flexibility index (Phi) is 3.38. The number of hydrogen-bond acceptors (Lipinski definition) is 2. The minimum atomic E-state index is -1.97. The van der Waals surface area contributed by atoms with Crippen LogP contribution in [0.5, 0.6) is 0 Å². The molecule has 0 aromatic rings. The van der Waals surface area contributed by atoms with Crippen LogP contribution in [-0.4, -0.2) is 25.6 Å². The second-order valence-corrected chi connectivity index (χ2v) is 2.22. The van der Waals surface area contributed by atoms with Gasteiger partial charge in [0.1, 0.15) is 0 Å². The topological polar surface area (TPSA) is 74.6 Å². The van der Waals surface area contributed by atoms with Gasteiger partial charge < -0.3 is 9.66 Å². The van der Waals surface area contributed by atoms with Crippen LogP contribution in [0.1, 0.15) is 6.42 Å². The highest BCUT2D eigenvalue weighted by Crippen LogP contribution is 1.81. The van der Waals surface area contributed by atoms with E-state index in [1.54, 1.807) is 0 Å². The molecule has 0 spiro atoms. The smallest absolute Gasteiger partial charge is 0.304 e. The zero-order valence-electron chi connectivity index (χ0n) is 4.03. The van der Waals surface area contributed by atoms with Gasteiger partial charge in [0.05, 0.1) is 12.2 Å². The third kappa shape index (κ3) is 5.58. The lowest BCUT2D eigenvalue weighted by Gasteiger charge is -1.86. The van der Waals surface area contributed by atoms with Crippen molar-refractivity contribution < 1.29 is 18.7 Å². The molecule has 0 saturated carbocycles. The SMILES string of the molecule is O=C(O)CCS(=O)O. The number of carbonyl (C=O) groups is 1. The fraction of sp³-hybridized carbons (Fsp3) is 0.667. The van der Waals surface area contributed by atoms with E-state index < -0.39 is 17.0 Å². The summed E-state index contributed by atoms with van der Waals surface area (Å²) in [6.45, 7) is 0. The van der Waals surface area contributed by atoms with Crippen LogP contribution >= 0.6 is 0 Å². The largest absolute Gasteiger partial charge is 0.481 e. The molecule has 8 heavy (non-hydrogen) atoms. The summed E-state index contributed by atoms with van der Waals surface area (Å²) in [6.07, 6.45) is -0.247. The van der Waals surface area contributed by atoms with Gasteiger partial charge in [-0.3, -0.25) is 4.79 Å². The normalized spacial score (nSPS) is 13.1. The van der Waals surface area contributed by atoms with E-state index in [1.165, 1.54) is 0 Å². The van der Waals surface area contributed by atoms with Crippen LogP contribution in [0.25, 0.3) is 0 Å². The van der Waals surface area contributed by atoms with Crippen molar-refractivity contribution in [2.24, 2.45) is 0 Å². The highest BCUT2D eigenvalue weighted by atomic mass is 32.2. The van der Waals surface area contributed by atoms with Gasteiger partial charge in [0.2, 0.25) is 0 Å². The van der Waals surface area contributed by atoms with Crippen molar-refractivity contribution in [1.29, 1.82) is 0 Å². The Morgan fingerprint density at radius 1 is 1.62 bits per heavy atom. The van der Waals surface area contributed by atoms with Gasteiger partial charge in [-0.1, -0.05) is 0 Å². The first-order chi connectivity index (χ1) is 3.63. The van der Waals surface area contributed by atoms with E-state index in [4.69, 9.17) is 9.66 Å². The summed E-state index contributed by atoms with van der Waals surface area (Å²) in [7, 11) is 0. The molecule has 0 rings (SSSR count). The van der Waals surface area contributed by atoms with Gasteiger partial charge in [-0.15, -0.1) is 0 Å². The average molecular weight is 138 g/mol. The Balaban J connectivity index is 3.18. The van der Waals surface area contributed by atoms with Crippen molar-refractivity contribution >= 4 is 17.0 Å². The zero-order chi connectivity index (χ0) is 6.57. The van der Waals surface area contributed by atoms with E-state index in [-0.39, 0.29) is 12.2 Å². The van der Waals surface area contributed by atoms with E-state index in [9.17, 15) is 9.00 Å². The minimum absolute atomic E-state index is 0.185. The van der Waals surface area contributed by atoms with Crippen LogP contribution < -0.4 is 0 Å². The lowest BCUT2D eigenvalue weighted by Crippen LogP contribution is -2.02. The number of carboxylic acid groups (broad SMARTS) is 1. The Morgan fingerprint density at radius 3 is 2.25 bits per heavy atom. The summed E-state index contributed by atoms with van der Waals surface area (Å²) in [5.41, 5.74) is 0. The Labute approximate surface area is 48.8 Å². The van der Waals surface area contributed by atoms with Gasteiger partial charge >= 0.3 is 5.97 Å². The Morgan fingerprint density at radius 2 is 2.12 bits per heavy atom. The van der Waals surface area contributed by atoms with Gasteiger partial charge in [0, 0.05) is 0 Å². The summed E-state index contributed by atoms with van der Waals surface area (Å²) in [5.74, 6) is -1.23. The maximum absolute atomic E-state index is 9.75. The van der Waals surface area contributed by atoms with Crippen molar-refractivity contribution in [2.45, 2.75) is 6.42 Å². The predicted molar refractivity (Wildman–Crippen MR) is 27.9 cm³/mol. The lowest BCUT2D eigenvalue weighted by molar-refractivity contribution is -0.136. The van der Waals surface area contributed by atoms with Crippen molar-refractivity contribution in [3.05, 3.63) is 0 Å². The first-order valence-electron chi connectivity index (χ1n) is 1.92. The summed E-state index contributed by atoms with van der Waals surface area (Å²) < 4.78 is 17.8. The second-order valence-electron chi connectivity index (χ2n) is 1.17. The molecule has 2 N–H and O–H groups in total. The molecule has 0 aliphatic rings. The maximum Gasteiger partial charge on any atom is 0.304 e. The molecule has 0 bridgehead atoms. The number of aliphatic carboxylic acids is 1. The van der Waals surface area contributed by atoms with E-state index in [0.717, 1.165) is 0 Å². The van der Waals surface area contributed by atoms with Crippen LogP contribution in [0.3, 0.4) is 0 Å². The third-order valence-corrected chi connectivity index (χ3v) is 1.04. The van der Waals surface area contributed by atoms with Crippen LogP contribution in [-0.2, 0) is 15.9 Å². The fourth-order valence-corrected chi connectivity index (χ4v) is 0.524. The monoisotopic (exact) mass is 138 g/mol. The molecule has 1 unspecified atom stereocenters. The van der Waals surface area contributed by atoms with E-state index in [0.29, 0.717) is 0 Å². The molecule has 0 fully saturated rings. The van der Waals surface area contributed by atoms with Crippen LogP contribution in [0.2, 0.25) is 0 Å². The fourth-order valence-electron chi connectivity index (χ4n) is 0.175. The standard InChI is InChI=1S/C3H6O4S/c4-3(5)1-2-8(6)7/h1-2H2,(H,4,5)(H,6,7). The van der Waals surface area contributed by atoms with Crippen LogP contribution in [0.4, 0.5) is 0 Å². The highest BCUT2D eigenvalue weighted by Gasteiger charge is 1.98. The molecule has 0 aromatic heterocycles. The van der Waals surface area contributed by atoms with Gasteiger partial charge in [-0.25, -0.2) is 4.21 Å². The van der Waals surface area contributed by atoms with E-state index in [2.05, 4.69) is 0 Å². The quantitative estimate of drug-likeness (QED) is 0.524. The molecule has 0 saturated heterocycles. The molecular formula is C3H6O4S. The van der Waals surface area contributed by atoms with Crippen LogP contribution in [0.15, 0.2) is 0 Å². The molecule has 4 nitrogen and oxygen atoms in total. The molecule has 5 heteroatoms. The molecule has 0 aromatic carbocycles. The maximum atomic E-state index is 9.75. The summed E-state index contributed by atoms with van der Waals surface area (Å²) in [4.78, 5) is 9.66. The average Bonchev–Trinajstić information content (AvgIpc) is 1.61. The third-order valence-electron chi connectivity index (χ3n) is 0.491.